The van der Waals surface area contributed by atoms with Crippen LogP contribution in [-0.4, -0.2) is 5.11 Å². The van der Waals surface area contributed by atoms with Gasteiger partial charge in [0.05, 0.1) is 0 Å². The van der Waals surface area contributed by atoms with Gasteiger partial charge < -0.3 is 5.11 Å². The minimum Gasteiger partial charge on any atom is -0.506 e. The summed E-state index contributed by atoms with van der Waals surface area (Å²) in [4.78, 5) is 0.937. The second-order valence-corrected chi connectivity index (χ2v) is 4.34. The molecule has 0 aliphatic rings. The third-order valence-electron chi connectivity index (χ3n) is 1.79. The van der Waals surface area contributed by atoms with Crippen molar-refractivity contribution in [3.05, 3.63) is 28.1 Å². The number of aryl methyl sites for hydroxylation is 1. The molecule has 0 aliphatic heterocycles. The average Bonchev–Trinajstić information content (AvgIpc) is 2.31. The molecule has 0 saturated carbocycles. The highest BCUT2D eigenvalue weighted by molar-refractivity contribution is 7.19. The highest BCUT2D eigenvalue weighted by Gasteiger charge is 2.06. The van der Waals surface area contributed by atoms with E-state index in [2.05, 4.69) is 0 Å². The predicted molar refractivity (Wildman–Crippen MR) is 53.2 cm³/mol. The molecule has 0 bridgehead atoms. The predicted octanol–water partition coefficient (Wildman–Crippen LogP) is 3.57. The summed E-state index contributed by atoms with van der Waals surface area (Å²) in [5.41, 5.74) is 0. The monoisotopic (exact) mass is 198 g/mol. The highest BCUT2D eigenvalue weighted by atomic mass is 35.5. The van der Waals surface area contributed by atoms with Crippen LogP contribution >= 0.6 is 22.9 Å². The van der Waals surface area contributed by atoms with Gasteiger partial charge in [-0.1, -0.05) is 11.6 Å². The lowest BCUT2D eigenvalue weighted by Gasteiger charge is -1.91. The van der Waals surface area contributed by atoms with Crippen molar-refractivity contribution < 1.29 is 5.11 Å². The average molecular weight is 199 g/mol. The second-order valence-electron chi connectivity index (χ2n) is 2.65. The first-order valence-electron chi connectivity index (χ1n) is 3.56. The van der Waals surface area contributed by atoms with E-state index < -0.39 is 0 Å². The minimum absolute atomic E-state index is 0.359. The van der Waals surface area contributed by atoms with E-state index in [1.807, 2.05) is 19.1 Å². The summed E-state index contributed by atoms with van der Waals surface area (Å²) in [5, 5.41) is 11.1. The van der Waals surface area contributed by atoms with Crippen LogP contribution in [0, 0.1) is 6.92 Å². The van der Waals surface area contributed by atoms with Gasteiger partial charge in [0.15, 0.2) is 0 Å². The number of thiophene rings is 1. The molecule has 0 atom stereocenters. The first-order valence-corrected chi connectivity index (χ1v) is 4.75. The van der Waals surface area contributed by atoms with Crippen molar-refractivity contribution in [3.63, 3.8) is 0 Å². The summed E-state index contributed by atoms with van der Waals surface area (Å²) in [6.45, 7) is 1.90. The zero-order valence-corrected chi connectivity index (χ0v) is 8.04. The molecule has 3 heteroatoms. The van der Waals surface area contributed by atoms with Crippen molar-refractivity contribution in [1.29, 1.82) is 0 Å². The number of benzene rings is 1. The lowest BCUT2D eigenvalue weighted by molar-refractivity contribution is 0.480. The summed E-state index contributed by atoms with van der Waals surface area (Å²) in [6.07, 6.45) is 0. The van der Waals surface area contributed by atoms with Crippen LogP contribution in [0.2, 0.25) is 5.02 Å². The fourth-order valence-corrected chi connectivity index (χ4v) is 2.29. The molecule has 12 heavy (non-hydrogen) atoms. The smallest absolute Gasteiger partial charge is 0.137 e. The van der Waals surface area contributed by atoms with Gasteiger partial charge in [0.25, 0.3) is 0 Å². The summed E-state index contributed by atoms with van der Waals surface area (Å²) in [5.74, 6) is 0.359. The molecule has 0 amide bonds. The minimum atomic E-state index is 0.359. The summed E-state index contributed by atoms with van der Waals surface area (Å²) < 4.78 is 1.08. The Bertz CT molecular complexity index is 433. The molecule has 0 unspecified atom stereocenters. The molecule has 0 saturated heterocycles. The molecular weight excluding hydrogens is 192 g/mol. The molecule has 1 nitrogen and oxygen atoms in total. The van der Waals surface area contributed by atoms with Crippen molar-refractivity contribution in [2.45, 2.75) is 6.92 Å². The Balaban J connectivity index is 2.88. The van der Waals surface area contributed by atoms with Crippen LogP contribution in [0.4, 0.5) is 0 Å². The van der Waals surface area contributed by atoms with Crippen LogP contribution in [0.1, 0.15) is 4.88 Å². The van der Waals surface area contributed by atoms with E-state index in [4.69, 9.17) is 11.6 Å². The van der Waals surface area contributed by atoms with Crippen molar-refractivity contribution >= 4 is 33.0 Å². The van der Waals surface area contributed by atoms with E-state index in [0.29, 0.717) is 10.8 Å². The topological polar surface area (TPSA) is 20.2 Å². The number of aromatic hydroxyl groups is 1. The van der Waals surface area contributed by atoms with E-state index in [0.717, 1.165) is 15.0 Å². The fraction of sp³-hybridized carbons (Fsp3) is 0.111. The normalized spacial score (nSPS) is 10.8. The van der Waals surface area contributed by atoms with E-state index in [1.54, 1.807) is 17.4 Å². The van der Waals surface area contributed by atoms with Crippen LogP contribution in [0.3, 0.4) is 0 Å². The zero-order chi connectivity index (χ0) is 8.72. The number of fused-ring (bicyclic) bond motifs is 1. The lowest BCUT2D eigenvalue weighted by atomic mass is 10.2. The van der Waals surface area contributed by atoms with Crippen LogP contribution in [0.25, 0.3) is 10.1 Å². The van der Waals surface area contributed by atoms with Gasteiger partial charge in [-0.2, -0.15) is 0 Å². The Labute approximate surface area is 79.2 Å². The third kappa shape index (κ3) is 1.08. The molecule has 0 spiro atoms. The fourth-order valence-electron chi connectivity index (χ4n) is 1.18. The molecule has 2 rings (SSSR count). The molecule has 62 valence electrons. The maximum absolute atomic E-state index is 9.57. The molecule has 0 fully saturated rings. The molecule has 1 N–H and O–H groups in total. The third-order valence-corrected chi connectivity index (χ3v) is 3.10. The molecule has 1 heterocycles. The summed E-state index contributed by atoms with van der Waals surface area (Å²) >= 11 is 7.37. The van der Waals surface area contributed by atoms with Crippen LogP contribution in [0.15, 0.2) is 18.2 Å². The lowest BCUT2D eigenvalue weighted by Crippen LogP contribution is -1.65. The maximum Gasteiger partial charge on any atom is 0.137 e. The van der Waals surface area contributed by atoms with E-state index >= 15 is 0 Å². The van der Waals surface area contributed by atoms with Crippen LogP contribution < -0.4 is 0 Å². The number of halogens is 1. The van der Waals surface area contributed by atoms with Crippen molar-refractivity contribution in [2.75, 3.05) is 0 Å². The largest absolute Gasteiger partial charge is 0.506 e. The van der Waals surface area contributed by atoms with Gasteiger partial charge >= 0.3 is 0 Å². The first kappa shape index (κ1) is 7.90. The molecule has 1 aromatic carbocycles. The molecule has 0 radical (unpaired) electrons. The SMILES string of the molecule is Cc1sc2ccc(Cl)cc2c1O. The Morgan fingerprint density at radius 2 is 2.17 bits per heavy atom. The Hall–Kier alpha value is -0.730. The number of hydrogen-bond donors (Lipinski definition) is 1. The highest BCUT2D eigenvalue weighted by Crippen LogP contribution is 2.37. The number of rotatable bonds is 0. The van der Waals surface area contributed by atoms with Gasteiger partial charge in [-0.15, -0.1) is 11.3 Å². The molecule has 0 aliphatic carbocycles. The Morgan fingerprint density at radius 1 is 1.42 bits per heavy atom. The van der Waals surface area contributed by atoms with Gasteiger partial charge in [0.1, 0.15) is 5.75 Å². The molecule has 1 aromatic heterocycles. The second kappa shape index (κ2) is 2.64. The van der Waals surface area contributed by atoms with Crippen LogP contribution in [-0.2, 0) is 0 Å². The van der Waals surface area contributed by atoms with Gasteiger partial charge in [0.2, 0.25) is 0 Å². The van der Waals surface area contributed by atoms with Gasteiger partial charge in [-0.25, -0.2) is 0 Å². The quantitative estimate of drug-likeness (QED) is 0.686. The van der Waals surface area contributed by atoms with Gasteiger partial charge in [0, 0.05) is 20.0 Å². The van der Waals surface area contributed by atoms with Crippen molar-refractivity contribution in [2.24, 2.45) is 0 Å². The summed E-state index contributed by atoms with van der Waals surface area (Å²) in [6, 6.07) is 5.55. The molecule has 2 aromatic rings. The van der Waals surface area contributed by atoms with E-state index in [9.17, 15) is 5.11 Å². The van der Waals surface area contributed by atoms with Gasteiger partial charge in [-0.3, -0.25) is 0 Å². The van der Waals surface area contributed by atoms with E-state index in [-0.39, 0.29) is 0 Å². The van der Waals surface area contributed by atoms with Crippen molar-refractivity contribution in [1.82, 2.24) is 0 Å². The number of hydrogen-bond acceptors (Lipinski definition) is 2. The summed E-state index contributed by atoms with van der Waals surface area (Å²) in [7, 11) is 0. The van der Waals surface area contributed by atoms with Gasteiger partial charge in [-0.05, 0) is 25.1 Å². The Kier molecular flexibility index (Phi) is 1.74. The standard InChI is InChI=1S/C9H7ClOS/c1-5-9(11)7-4-6(10)2-3-8(7)12-5/h2-4,11H,1H3. The van der Waals surface area contributed by atoms with E-state index in [1.165, 1.54) is 0 Å². The zero-order valence-electron chi connectivity index (χ0n) is 6.47. The Morgan fingerprint density at radius 3 is 2.92 bits per heavy atom. The van der Waals surface area contributed by atoms with Crippen LogP contribution in [0.5, 0.6) is 5.75 Å². The first-order chi connectivity index (χ1) is 5.68. The van der Waals surface area contributed by atoms with Crippen molar-refractivity contribution in [3.8, 4) is 5.75 Å². The molecular formula is C9H7ClOS. The maximum atomic E-state index is 9.57.